The molecule has 0 fully saturated rings. The molecule has 0 radical (unpaired) electrons. The van der Waals surface area contributed by atoms with Crippen molar-refractivity contribution in [3.63, 3.8) is 0 Å². The minimum absolute atomic E-state index is 0.0459. The van der Waals surface area contributed by atoms with E-state index in [9.17, 15) is 5.11 Å². The Hall–Kier alpha value is -1.67. The maximum atomic E-state index is 9.55. The maximum Gasteiger partial charge on any atom is 0.125 e. The molecule has 1 aromatic rings. The molecule has 0 bridgehead atoms. The van der Waals surface area contributed by atoms with Gasteiger partial charge in [-0.3, -0.25) is 0 Å². The Morgan fingerprint density at radius 3 is 2.14 bits per heavy atom. The van der Waals surface area contributed by atoms with E-state index < -0.39 is 0 Å². The standard InChI is InChI=1S/C18H29N3O/c1-2-3-4-5-6-7-8-9-10-11-12-16-13-14-18(22)17(15-16)20-21-19/h13-15,22H,2-12H2,1H3. The van der Waals surface area contributed by atoms with Crippen molar-refractivity contribution in [1.29, 1.82) is 0 Å². The number of hydrogen-bond donors (Lipinski definition) is 1. The molecule has 0 saturated carbocycles. The second kappa shape index (κ2) is 11.9. The molecule has 122 valence electrons. The van der Waals surface area contributed by atoms with E-state index in [1.165, 1.54) is 57.8 Å². The fourth-order valence-electron chi connectivity index (χ4n) is 2.67. The van der Waals surface area contributed by atoms with Crippen molar-refractivity contribution in [2.75, 3.05) is 0 Å². The smallest absolute Gasteiger partial charge is 0.125 e. The lowest BCUT2D eigenvalue weighted by molar-refractivity contribution is 0.476. The second-order valence-corrected chi connectivity index (χ2v) is 5.94. The molecule has 4 nitrogen and oxygen atoms in total. The molecule has 0 atom stereocenters. The fourth-order valence-corrected chi connectivity index (χ4v) is 2.67. The Morgan fingerprint density at radius 2 is 1.55 bits per heavy atom. The van der Waals surface area contributed by atoms with Gasteiger partial charge in [0.1, 0.15) is 5.75 Å². The molecule has 0 spiro atoms. The molecule has 0 aromatic heterocycles. The van der Waals surface area contributed by atoms with Gasteiger partial charge in [-0.15, -0.1) is 0 Å². The molecule has 0 unspecified atom stereocenters. The molecule has 0 amide bonds. The van der Waals surface area contributed by atoms with E-state index in [1.54, 1.807) is 12.1 Å². The van der Waals surface area contributed by atoms with Crippen LogP contribution in [0.25, 0.3) is 10.4 Å². The lowest BCUT2D eigenvalue weighted by Crippen LogP contribution is -1.87. The number of aryl methyl sites for hydroxylation is 1. The number of phenolic OH excluding ortho intramolecular Hbond substituents is 1. The van der Waals surface area contributed by atoms with Gasteiger partial charge in [0.05, 0.1) is 5.69 Å². The summed E-state index contributed by atoms with van der Waals surface area (Å²) in [4.78, 5) is 2.73. The van der Waals surface area contributed by atoms with Crippen molar-refractivity contribution < 1.29 is 5.11 Å². The van der Waals surface area contributed by atoms with Crippen molar-refractivity contribution in [1.82, 2.24) is 0 Å². The molecule has 0 aliphatic heterocycles. The van der Waals surface area contributed by atoms with E-state index in [1.807, 2.05) is 6.07 Å². The van der Waals surface area contributed by atoms with Crippen LogP contribution in [0.4, 0.5) is 5.69 Å². The van der Waals surface area contributed by atoms with Crippen LogP contribution in [-0.4, -0.2) is 5.11 Å². The summed E-state index contributed by atoms with van der Waals surface area (Å²) >= 11 is 0. The molecule has 22 heavy (non-hydrogen) atoms. The van der Waals surface area contributed by atoms with Crippen LogP contribution in [0.1, 0.15) is 76.7 Å². The van der Waals surface area contributed by atoms with E-state index >= 15 is 0 Å². The van der Waals surface area contributed by atoms with E-state index in [4.69, 9.17) is 5.53 Å². The zero-order valence-electron chi connectivity index (χ0n) is 13.8. The molecule has 1 rings (SSSR count). The van der Waals surface area contributed by atoms with E-state index in [0.717, 1.165) is 18.4 Å². The highest BCUT2D eigenvalue weighted by Crippen LogP contribution is 2.28. The largest absolute Gasteiger partial charge is 0.507 e. The Bertz CT molecular complexity index is 467. The minimum Gasteiger partial charge on any atom is -0.507 e. The molecule has 0 heterocycles. The zero-order chi connectivity index (χ0) is 16.0. The Morgan fingerprint density at radius 1 is 0.955 bits per heavy atom. The second-order valence-electron chi connectivity index (χ2n) is 5.94. The molecule has 0 aliphatic carbocycles. The summed E-state index contributed by atoms with van der Waals surface area (Å²) in [6.07, 6.45) is 14.2. The van der Waals surface area contributed by atoms with Crippen LogP contribution in [0, 0.1) is 0 Å². The number of rotatable bonds is 12. The molecule has 0 aliphatic rings. The van der Waals surface area contributed by atoms with Crippen LogP contribution in [0.5, 0.6) is 5.75 Å². The fraction of sp³-hybridized carbons (Fsp3) is 0.667. The van der Waals surface area contributed by atoms with E-state index in [0.29, 0.717) is 5.69 Å². The van der Waals surface area contributed by atoms with Crippen molar-refractivity contribution in [3.05, 3.63) is 34.2 Å². The van der Waals surface area contributed by atoms with Gasteiger partial charge in [-0.2, -0.15) is 0 Å². The van der Waals surface area contributed by atoms with Gasteiger partial charge in [-0.1, -0.05) is 75.9 Å². The maximum absolute atomic E-state index is 9.55. The number of aromatic hydroxyl groups is 1. The van der Waals surface area contributed by atoms with Crippen LogP contribution >= 0.6 is 0 Å². The first kappa shape index (κ1) is 18.4. The number of benzene rings is 1. The third kappa shape index (κ3) is 7.94. The monoisotopic (exact) mass is 303 g/mol. The highest BCUT2D eigenvalue weighted by Gasteiger charge is 2.01. The predicted octanol–water partition coefficient (Wildman–Crippen LogP) is 6.80. The highest BCUT2D eigenvalue weighted by atomic mass is 16.3. The summed E-state index contributed by atoms with van der Waals surface area (Å²) in [6.45, 7) is 2.25. The average Bonchev–Trinajstić information content (AvgIpc) is 2.52. The summed E-state index contributed by atoms with van der Waals surface area (Å²) in [5.41, 5.74) is 9.90. The van der Waals surface area contributed by atoms with Crippen LogP contribution in [0.3, 0.4) is 0 Å². The third-order valence-electron chi connectivity index (χ3n) is 4.01. The van der Waals surface area contributed by atoms with Crippen LogP contribution in [0.15, 0.2) is 23.3 Å². The third-order valence-corrected chi connectivity index (χ3v) is 4.01. The predicted molar refractivity (Wildman–Crippen MR) is 92.5 cm³/mol. The van der Waals surface area contributed by atoms with Gasteiger partial charge in [0.25, 0.3) is 0 Å². The Kier molecular flexibility index (Phi) is 9.97. The van der Waals surface area contributed by atoms with Gasteiger partial charge < -0.3 is 5.11 Å². The quantitative estimate of drug-likeness (QED) is 0.196. The normalized spacial score (nSPS) is 10.4. The first-order chi connectivity index (χ1) is 10.8. The molecule has 1 N–H and O–H groups in total. The van der Waals surface area contributed by atoms with E-state index in [2.05, 4.69) is 16.9 Å². The zero-order valence-corrected chi connectivity index (χ0v) is 13.8. The molecule has 1 aromatic carbocycles. The van der Waals surface area contributed by atoms with Gasteiger partial charge in [-0.05, 0) is 36.1 Å². The first-order valence-electron chi connectivity index (χ1n) is 8.65. The summed E-state index contributed by atoms with van der Waals surface area (Å²) in [5.74, 6) is 0.0459. The summed E-state index contributed by atoms with van der Waals surface area (Å²) in [6, 6.07) is 5.29. The molecular formula is C18H29N3O. The van der Waals surface area contributed by atoms with Crippen LogP contribution in [-0.2, 0) is 6.42 Å². The van der Waals surface area contributed by atoms with Crippen molar-refractivity contribution >= 4 is 5.69 Å². The molecule has 4 heteroatoms. The van der Waals surface area contributed by atoms with Gasteiger partial charge in [-0.25, -0.2) is 0 Å². The lowest BCUT2D eigenvalue weighted by atomic mass is 10.0. The number of hydrogen-bond acceptors (Lipinski definition) is 2. The highest BCUT2D eigenvalue weighted by molar-refractivity contribution is 5.52. The van der Waals surface area contributed by atoms with E-state index in [-0.39, 0.29) is 5.75 Å². The first-order valence-corrected chi connectivity index (χ1v) is 8.65. The Labute approximate surface area is 134 Å². The number of nitrogens with zero attached hydrogens (tertiary/aromatic N) is 3. The summed E-state index contributed by atoms with van der Waals surface area (Å²) in [7, 11) is 0. The summed E-state index contributed by atoms with van der Waals surface area (Å²) in [5, 5.41) is 13.0. The average molecular weight is 303 g/mol. The van der Waals surface area contributed by atoms with Gasteiger partial charge in [0, 0.05) is 4.91 Å². The summed E-state index contributed by atoms with van der Waals surface area (Å²) < 4.78 is 0. The van der Waals surface area contributed by atoms with Crippen molar-refractivity contribution in [2.45, 2.75) is 77.6 Å². The van der Waals surface area contributed by atoms with Crippen LogP contribution in [0.2, 0.25) is 0 Å². The van der Waals surface area contributed by atoms with Gasteiger partial charge in [0.15, 0.2) is 0 Å². The van der Waals surface area contributed by atoms with Crippen molar-refractivity contribution in [3.8, 4) is 5.75 Å². The Balaban J connectivity index is 2.10. The van der Waals surface area contributed by atoms with Crippen LogP contribution < -0.4 is 0 Å². The number of unbranched alkanes of at least 4 members (excludes halogenated alkanes) is 9. The SMILES string of the molecule is CCCCCCCCCCCCc1ccc(O)c(N=[N+]=[N-])c1. The molecule has 0 saturated heterocycles. The van der Waals surface area contributed by atoms with Gasteiger partial charge >= 0.3 is 0 Å². The molecular weight excluding hydrogens is 274 g/mol. The van der Waals surface area contributed by atoms with Gasteiger partial charge in [0.2, 0.25) is 0 Å². The van der Waals surface area contributed by atoms with Crippen molar-refractivity contribution in [2.24, 2.45) is 5.11 Å². The minimum atomic E-state index is 0.0459. The number of phenols is 1. The topological polar surface area (TPSA) is 69.0 Å². The lowest BCUT2D eigenvalue weighted by Gasteiger charge is -2.05. The number of azide groups is 1.